The van der Waals surface area contributed by atoms with E-state index in [0.29, 0.717) is 6.54 Å². The third-order valence-electron chi connectivity index (χ3n) is 3.89. The van der Waals surface area contributed by atoms with Crippen LogP contribution in [0.25, 0.3) is 22.4 Å². The number of nitrogens with zero attached hydrogens (tertiary/aromatic N) is 3. The predicted molar refractivity (Wildman–Crippen MR) is 94.8 cm³/mol. The minimum absolute atomic E-state index is 0.0741. The number of aromatic nitrogens is 2. The van der Waals surface area contributed by atoms with Gasteiger partial charge in [0.2, 0.25) is 0 Å². The van der Waals surface area contributed by atoms with Gasteiger partial charge in [-0.1, -0.05) is 30.3 Å². The third kappa shape index (κ3) is 3.46. The summed E-state index contributed by atoms with van der Waals surface area (Å²) in [5.74, 6) is 0.0122. The molecule has 0 bridgehead atoms. The monoisotopic (exact) mass is 323 g/mol. The lowest BCUT2D eigenvalue weighted by atomic mass is 10.1. The van der Waals surface area contributed by atoms with Crippen LogP contribution in [0, 0.1) is 0 Å². The van der Waals surface area contributed by atoms with Crippen LogP contribution in [0.1, 0.15) is 12.0 Å². The minimum atomic E-state index is -0.805. The Morgan fingerprint density at radius 2 is 1.96 bits per heavy atom. The van der Waals surface area contributed by atoms with Crippen LogP contribution in [0.3, 0.4) is 0 Å². The molecule has 0 atom stereocenters. The van der Waals surface area contributed by atoms with Gasteiger partial charge >= 0.3 is 5.97 Å². The molecule has 0 saturated heterocycles. The molecular weight excluding hydrogens is 302 g/mol. The summed E-state index contributed by atoms with van der Waals surface area (Å²) in [4.78, 5) is 17.9. The zero-order valence-corrected chi connectivity index (χ0v) is 13.9. The van der Waals surface area contributed by atoms with Crippen LogP contribution in [0.2, 0.25) is 0 Å². The molecule has 5 heteroatoms. The van der Waals surface area contributed by atoms with Crippen molar-refractivity contribution in [3.63, 3.8) is 0 Å². The highest BCUT2D eigenvalue weighted by molar-refractivity contribution is 5.81. The van der Waals surface area contributed by atoms with E-state index in [1.54, 1.807) is 0 Å². The highest BCUT2D eigenvalue weighted by Gasteiger charge is 2.13. The molecule has 0 aliphatic heterocycles. The van der Waals surface area contributed by atoms with E-state index in [4.69, 9.17) is 10.1 Å². The lowest BCUT2D eigenvalue weighted by Crippen LogP contribution is -2.10. The van der Waals surface area contributed by atoms with E-state index in [-0.39, 0.29) is 6.42 Å². The summed E-state index contributed by atoms with van der Waals surface area (Å²) in [7, 11) is 4.07. The first-order valence-corrected chi connectivity index (χ1v) is 7.95. The standard InChI is InChI=1S/C19H21N3O2/c1-21(2)13-14-6-5-7-15(12-14)19-20-16-8-3-4-9-17(16)22(19)11-10-18(23)24/h3-9,12H,10-11,13H2,1-2H3,(H,23,24). The number of hydrogen-bond donors (Lipinski definition) is 1. The molecule has 5 nitrogen and oxygen atoms in total. The Hall–Kier alpha value is -2.66. The summed E-state index contributed by atoms with van der Waals surface area (Å²) in [6.45, 7) is 1.26. The SMILES string of the molecule is CN(C)Cc1cccc(-c2nc3ccccc3n2CCC(=O)O)c1. The van der Waals surface area contributed by atoms with E-state index in [0.717, 1.165) is 29.0 Å². The Morgan fingerprint density at radius 1 is 1.17 bits per heavy atom. The Labute approximate surface area is 141 Å². The fourth-order valence-corrected chi connectivity index (χ4v) is 2.90. The van der Waals surface area contributed by atoms with Gasteiger partial charge in [0, 0.05) is 18.7 Å². The summed E-state index contributed by atoms with van der Waals surface area (Å²) in [5.41, 5.74) is 4.06. The average molecular weight is 323 g/mol. The van der Waals surface area contributed by atoms with Gasteiger partial charge in [-0.05, 0) is 37.9 Å². The van der Waals surface area contributed by atoms with E-state index < -0.39 is 5.97 Å². The van der Waals surface area contributed by atoms with Gasteiger partial charge in [-0.3, -0.25) is 4.79 Å². The second-order valence-corrected chi connectivity index (χ2v) is 6.16. The summed E-state index contributed by atoms with van der Waals surface area (Å²) in [5, 5.41) is 9.05. The van der Waals surface area contributed by atoms with Crippen molar-refractivity contribution in [3.05, 3.63) is 54.1 Å². The van der Waals surface area contributed by atoms with Crippen LogP contribution in [0.4, 0.5) is 0 Å². The van der Waals surface area contributed by atoms with Crippen molar-refractivity contribution >= 4 is 17.0 Å². The van der Waals surface area contributed by atoms with Crippen LogP contribution in [-0.2, 0) is 17.9 Å². The van der Waals surface area contributed by atoms with Crippen LogP contribution in [0.5, 0.6) is 0 Å². The van der Waals surface area contributed by atoms with Crippen molar-refractivity contribution < 1.29 is 9.90 Å². The van der Waals surface area contributed by atoms with Crippen molar-refractivity contribution in [1.82, 2.24) is 14.5 Å². The predicted octanol–water partition coefficient (Wildman–Crippen LogP) is 3.24. The first kappa shape index (κ1) is 16.2. The minimum Gasteiger partial charge on any atom is -0.481 e. The number of imidazole rings is 1. The Bertz CT molecular complexity index is 868. The molecule has 0 fully saturated rings. The lowest BCUT2D eigenvalue weighted by Gasteiger charge is -2.12. The maximum absolute atomic E-state index is 11.0. The number of aliphatic carboxylic acids is 1. The van der Waals surface area contributed by atoms with Gasteiger partial charge in [0.1, 0.15) is 5.82 Å². The molecule has 1 aromatic heterocycles. The maximum Gasteiger partial charge on any atom is 0.305 e. The second kappa shape index (κ2) is 6.84. The largest absolute Gasteiger partial charge is 0.481 e. The lowest BCUT2D eigenvalue weighted by molar-refractivity contribution is -0.137. The summed E-state index contributed by atoms with van der Waals surface area (Å²) in [6.07, 6.45) is 0.0741. The Balaban J connectivity index is 2.07. The van der Waals surface area contributed by atoms with E-state index in [2.05, 4.69) is 17.0 Å². The Kier molecular flexibility index (Phi) is 4.62. The van der Waals surface area contributed by atoms with Crippen molar-refractivity contribution in [2.45, 2.75) is 19.5 Å². The van der Waals surface area contributed by atoms with Crippen molar-refractivity contribution in [1.29, 1.82) is 0 Å². The maximum atomic E-state index is 11.0. The number of hydrogen-bond acceptors (Lipinski definition) is 3. The fraction of sp³-hybridized carbons (Fsp3) is 0.263. The molecule has 3 aromatic rings. The van der Waals surface area contributed by atoms with Crippen molar-refractivity contribution in [3.8, 4) is 11.4 Å². The molecule has 0 aliphatic rings. The van der Waals surface area contributed by atoms with Crippen molar-refractivity contribution in [2.75, 3.05) is 14.1 Å². The zero-order chi connectivity index (χ0) is 17.1. The second-order valence-electron chi connectivity index (χ2n) is 6.16. The first-order valence-electron chi connectivity index (χ1n) is 7.95. The highest BCUT2D eigenvalue weighted by Crippen LogP contribution is 2.26. The summed E-state index contributed by atoms with van der Waals surface area (Å²) < 4.78 is 2.00. The molecule has 0 amide bonds. The fourth-order valence-electron chi connectivity index (χ4n) is 2.90. The van der Waals surface area contributed by atoms with E-state index in [9.17, 15) is 4.79 Å². The molecule has 0 aliphatic carbocycles. The summed E-state index contributed by atoms with van der Waals surface area (Å²) >= 11 is 0. The molecule has 0 unspecified atom stereocenters. The number of para-hydroxylation sites is 2. The first-order chi connectivity index (χ1) is 11.5. The molecule has 1 N–H and O–H groups in total. The number of benzene rings is 2. The van der Waals surface area contributed by atoms with Gasteiger partial charge < -0.3 is 14.6 Å². The number of carboxylic acid groups (broad SMARTS) is 1. The third-order valence-corrected chi connectivity index (χ3v) is 3.89. The normalized spacial score (nSPS) is 11.3. The van der Waals surface area contributed by atoms with Crippen molar-refractivity contribution in [2.24, 2.45) is 0 Å². The number of carboxylic acids is 1. The molecule has 24 heavy (non-hydrogen) atoms. The zero-order valence-electron chi connectivity index (χ0n) is 13.9. The topological polar surface area (TPSA) is 58.4 Å². The van der Waals surface area contributed by atoms with Crippen LogP contribution in [0.15, 0.2) is 48.5 Å². The van der Waals surface area contributed by atoms with Gasteiger partial charge in [-0.15, -0.1) is 0 Å². The average Bonchev–Trinajstić information content (AvgIpc) is 2.91. The van der Waals surface area contributed by atoms with Gasteiger partial charge in [0.25, 0.3) is 0 Å². The molecule has 0 radical (unpaired) electrons. The molecule has 0 spiro atoms. The molecule has 2 aromatic carbocycles. The molecule has 0 saturated carbocycles. The number of aryl methyl sites for hydroxylation is 1. The Morgan fingerprint density at radius 3 is 2.71 bits per heavy atom. The smallest absolute Gasteiger partial charge is 0.305 e. The van der Waals surface area contributed by atoms with Crippen LogP contribution in [-0.4, -0.2) is 39.6 Å². The van der Waals surface area contributed by atoms with Gasteiger partial charge in [-0.2, -0.15) is 0 Å². The van der Waals surface area contributed by atoms with Crippen LogP contribution >= 0.6 is 0 Å². The summed E-state index contributed by atoms with van der Waals surface area (Å²) in [6, 6.07) is 16.1. The van der Waals surface area contributed by atoms with E-state index in [1.807, 2.05) is 55.1 Å². The quantitative estimate of drug-likeness (QED) is 0.756. The molecule has 1 heterocycles. The number of carbonyl (C=O) groups is 1. The number of fused-ring (bicyclic) bond motifs is 1. The molecule has 3 rings (SSSR count). The van der Waals surface area contributed by atoms with Gasteiger partial charge in [0.05, 0.1) is 17.5 Å². The van der Waals surface area contributed by atoms with Gasteiger partial charge in [0.15, 0.2) is 0 Å². The number of rotatable bonds is 6. The molecular formula is C19H21N3O2. The molecule has 124 valence electrons. The van der Waals surface area contributed by atoms with Crippen LogP contribution < -0.4 is 0 Å². The van der Waals surface area contributed by atoms with E-state index >= 15 is 0 Å². The van der Waals surface area contributed by atoms with E-state index in [1.165, 1.54) is 5.56 Å². The van der Waals surface area contributed by atoms with Gasteiger partial charge in [-0.25, -0.2) is 4.98 Å². The highest BCUT2D eigenvalue weighted by atomic mass is 16.4.